The Kier molecular flexibility index (Phi) is 8.47. The summed E-state index contributed by atoms with van der Waals surface area (Å²) in [5, 5.41) is 9.40. The van der Waals surface area contributed by atoms with E-state index >= 15 is 0 Å². The molecule has 1 heterocycles. The van der Waals surface area contributed by atoms with Gasteiger partial charge in [-0.15, -0.1) is 0 Å². The number of nitrogens with zero attached hydrogens (tertiary/aromatic N) is 2. The molecular formula is C26H28ClFN4O4. The van der Waals surface area contributed by atoms with Crippen LogP contribution in [0.2, 0.25) is 5.02 Å². The molecule has 0 fully saturated rings. The van der Waals surface area contributed by atoms with Gasteiger partial charge in [-0.05, 0) is 52.0 Å². The summed E-state index contributed by atoms with van der Waals surface area (Å²) in [7, 11) is 0. The number of carbonyl (C=O) groups is 3. The standard InChI is InChI=1S/C26H28ClFN4O4/c1-16-14-21(31-36-16)29-22(33)12-13-23(34)32(18-9-7-8-17(28)15-18)24(25(35)30-26(2,3)4)19-10-5-6-11-20(19)27/h5-11,14-15,24H,12-13H2,1-4H3,(H,30,35)(H,29,31,33)/t24-/m0/s1. The van der Waals surface area contributed by atoms with Gasteiger partial charge in [-0.2, -0.15) is 0 Å². The van der Waals surface area contributed by atoms with Crippen molar-refractivity contribution in [3.8, 4) is 0 Å². The van der Waals surface area contributed by atoms with Crippen LogP contribution in [0.4, 0.5) is 15.9 Å². The van der Waals surface area contributed by atoms with Gasteiger partial charge in [0.2, 0.25) is 17.7 Å². The molecule has 0 saturated heterocycles. The average Bonchev–Trinajstić information content (AvgIpc) is 3.19. The van der Waals surface area contributed by atoms with Crippen LogP contribution in [-0.4, -0.2) is 28.4 Å². The molecule has 1 atom stereocenters. The average molecular weight is 515 g/mol. The molecule has 2 N–H and O–H groups in total. The van der Waals surface area contributed by atoms with Gasteiger partial charge in [0.25, 0.3) is 0 Å². The molecule has 0 aliphatic heterocycles. The van der Waals surface area contributed by atoms with Gasteiger partial charge in [-0.3, -0.25) is 19.3 Å². The van der Waals surface area contributed by atoms with Gasteiger partial charge in [-0.1, -0.05) is 41.0 Å². The minimum Gasteiger partial charge on any atom is -0.360 e. The Morgan fingerprint density at radius 1 is 1.08 bits per heavy atom. The molecule has 0 radical (unpaired) electrons. The molecule has 36 heavy (non-hydrogen) atoms. The summed E-state index contributed by atoms with van der Waals surface area (Å²) >= 11 is 6.45. The van der Waals surface area contributed by atoms with Crippen LogP contribution >= 0.6 is 11.6 Å². The molecule has 2 aromatic carbocycles. The van der Waals surface area contributed by atoms with Gasteiger partial charge in [0.1, 0.15) is 17.6 Å². The fourth-order valence-corrected chi connectivity index (χ4v) is 3.81. The topological polar surface area (TPSA) is 105 Å². The maximum absolute atomic E-state index is 14.2. The number of aryl methyl sites for hydroxylation is 1. The van der Waals surface area contributed by atoms with E-state index < -0.39 is 35.1 Å². The monoisotopic (exact) mass is 514 g/mol. The highest BCUT2D eigenvalue weighted by Crippen LogP contribution is 2.33. The largest absolute Gasteiger partial charge is 0.360 e. The maximum atomic E-state index is 14.2. The molecule has 3 rings (SSSR count). The first-order valence-corrected chi connectivity index (χ1v) is 11.7. The van der Waals surface area contributed by atoms with Crippen LogP contribution < -0.4 is 15.5 Å². The van der Waals surface area contributed by atoms with E-state index in [4.69, 9.17) is 16.1 Å². The van der Waals surface area contributed by atoms with E-state index in [1.165, 1.54) is 23.1 Å². The van der Waals surface area contributed by atoms with E-state index in [0.29, 0.717) is 11.3 Å². The van der Waals surface area contributed by atoms with E-state index in [1.54, 1.807) is 58.0 Å². The second-order valence-electron chi connectivity index (χ2n) is 9.28. The van der Waals surface area contributed by atoms with Gasteiger partial charge >= 0.3 is 0 Å². The van der Waals surface area contributed by atoms with E-state index in [9.17, 15) is 18.8 Å². The van der Waals surface area contributed by atoms with Crippen molar-refractivity contribution in [3.63, 3.8) is 0 Å². The number of rotatable bonds is 8. The summed E-state index contributed by atoms with van der Waals surface area (Å²) in [4.78, 5) is 40.7. The van der Waals surface area contributed by atoms with Crippen molar-refractivity contribution in [1.82, 2.24) is 10.5 Å². The van der Waals surface area contributed by atoms with Gasteiger partial charge in [0.15, 0.2) is 5.82 Å². The van der Waals surface area contributed by atoms with Crippen molar-refractivity contribution in [2.45, 2.75) is 52.1 Å². The molecule has 8 nitrogen and oxygen atoms in total. The smallest absolute Gasteiger partial charge is 0.248 e. The Hall–Kier alpha value is -3.72. The molecular weight excluding hydrogens is 487 g/mol. The third kappa shape index (κ3) is 7.14. The number of halogens is 2. The number of nitrogens with one attached hydrogen (secondary N) is 2. The van der Waals surface area contributed by atoms with E-state index in [-0.39, 0.29) is 29.4 Å². The SMILES string of the molecule is Cc1cc(NC(=O)CCC(=O)N(c2cccc(F)c2)[C@H](C(=O)NC(C)(C)C)c2ccccc2Cl)no1. The number of aromatic nitrogens is 1. The molecule has 0 aliphatic rings. The zero-order chi connectivity index (χ0) is 26.5. The van der Waals surface area contributed by atoms with Crippen LogP contribution in [0.25, 0.3) is 0 Å². The number of benzene rings is 2. The third-order valence-corrected chi connectivity index (χ3v) is 5.37. The number of hydrogen-bond donors (Lipinski definition) is 2. The van der Waals surface area contributed by atoms with Crippen LogP contribution in [0.3, 0.4) is 0 Å². The van der Waals surface area contributed by atoms with E-state index in [0.717, 1.165) is 6.07 Å². The first-order valence-electron chi connectivity index (χ1n) is 11.3. The maximum Gasteiger partial charge on any atom is 0.248 e. The first kappa shape index (κ1) is 26.9. The molecule has 190 valence electrons. The Labute approximate surface area is 213 Å². The lowest BCUT2D eigenvalue weighted by Gasteiger charge is -2.34. The molecule has 0 aliphatic carbocycles. The zero-order valence-electron chi connectivity index (χ0n) is 20.5. The van der Waals surface area contributed by atoms with Crippen molar-refractivity contribution < 1.29 is 23.3 Å². The van der Waals surface area contributed by atoms with Gasteiger partial charge in [0.05, 0.1) is 0 Å². The van der Waals surface area contributed by atoms with Crippen molar-refractivity contribution in [2.24, 2.45) is 0 Å². The molecule has 0 saturated carbocycles. The van der Waals surface area contributed by atoms with Crippen LogP contribution in [0.5, 0.6) is 0 Å². The molecule has 1 aromatic heterocycles. The first-order chi connectivity index (χ1) is 16.9. The predicted molar refractivity (Wildman–Crippen MR) is 135 cm³/mol. The highest BCUT2D eigenvalue weighted by molar-refractivity contribution is 6.31. The molecule has 3 amide bonds. The van der Waals surface area contributed by atoms with Gasteiger partial charge < -0.3 is 15.2 Å². The second kappa shape index (κ2) is 11.3. The third-order valence-electron chi connectivity index (χ3n) is 5.02. The van der Waals surface area contributed by atoms with Crippen LogP contribution in [0.15, 0.2) is 59.1 Å². The molecule has 0 spiro atoms. The summed E-state index contributed by atoms with van der Waals surface area (Å²) in [5.41, 5.74) is -0.106. The van der Waals surface area contributed by atoms with E-state index in [1.807, 2.05) is 0 Å². The summed E-state index contributed by atoms with van der Waals surface area (Å²) in [5.74, 6) is -1.38. The van der Waals surface area contributed by atoms with Crippen molar-refractivity contribution in [3.05, 3.63) is 76.8 Å². The van der Waals surface area contributed by atoms with Crippen molar-refractivity contribution >= 4 is 40.8 Å². The fourth-order valence-electron chi connectivity index (χ4n) is 3.57. The second-order valence-corrected chi connectivity index (χ2v) is 9.69. The summed E-state index contributed by atoms with van der Waals surface area (Å²) in [6.45, 7) is 7.09. The number of anilines is 2. The van der Waals surface area contributed by atoms with E-state index in [2.05, 4.69) is 15.8 Å². The Balaban J connectivity index is 1.97. The van der Waals surface area contributed by atoms with Crippen molar-refractivity contribution in [2.75, 3.05) is 10.2 Å². The Bertz CT molecular complexity index is 1250. The number of hydrogen-bond acceptors (Lipinski definition) is 5. The van der Waals surface area contributed by atoms with Crippen LogP contribution in [-0.2, 0) is 14.4 Å². The summed E-state index contributed by atoms with van der Waals surface area (Å²) in [6, 6.07) is 12.3. The quantitative estimate of drug-likeness (QED) is 0.431. The zero-order valence-corrected chi connectivity index (χ0v) is 21.2. The van der Waals surface area contributed by atoms with Crippen LogP contribution in [0.1, 0.15) is 51.0 Å². The Morgan fingerprint density at radius 3 is 2.42 bits per heavy atom. The number of carbonyl (C=O) groups excluding carboxylic acids is 3. The summed E-state index contributed by atoms with van der Waals surface area (Å²) < 4.78 is 19.1. The predicted octanol–water partition coefficient (Wildman–Crippen LogP) is 5.18. The van der Waals surface area contributed by atoms with Crippen LogP contribution in [0, 0.1) is 12.7 Å². The minimum atomic E-state index is -1.21. The molecule has 0 unspecified atom stereocenters. The molecule has 10 heteroatoms. The lowest BCUT2D eigenvalue weighted by molar-refractivity contribution is -0.128. The highest BCUT2D eigenvalue weighted by atomic mass is 35.5. The van der Waals surface area contributed by atoms with Gasteiger partial charge in [-0.25, -0.2) is 4.39 Å². The molecule has 0 bridgehead atoms. The van der Waals surface area contributed by atoms with Gasteiger partial charge in [0, 0.05) is 40.7 Å². The Morgan fingerprint density at radius 2 is 1.81 bits per heavy atom. The number of amides is 3. The minimum absolute atomic E-state index is 0.154. The summed E-state index contributed by atoms with van der Waals surface area (Å²) in [6.07, 6.45) is -0.463. The fraction of sp³-hybridized carbons (Fsp3) is 0.308. The normalized spacial score (nSPS) is 12.1. The van der Waals surface area contributed by atoms with Crippen molar-refractivity contribution in [1.29, 1.82) is 0 Å². The lowest BCUT2D eigenvalue weighted by Crippen LogP contribution is -2.49. The highest BCUT2D eigenvalue weighted by Gasteiger charge is 2.35. The molecule has 3 aromatic rings. The lowest BCUT2D eigenvalue weighted by atomic mass is 10.00.